The molecular formula is C14H28O. The summed E-state index contributed by atoms with van der Waals surface area (Å²) in [5.41, 5.74) is 0.660. The van der Waals surface area contributed by atoms with Crippen molar-refractivity contribution in [2.45, 2.75) is 66.9 Å². The number of hydrogen-bond donors (Lipinski definition) is 1. The van der Waals surface area contributed by atoms with Crippen molar-refractivity contribution in [3.05, 3.63) is 0 Å². The molecule has 0 aromatic rings. The van der Waals surface area contributed by atoms with Crippen LogP contribution in [0.1, 0.15) is 60.8 Å². The van der Waals surface area contributed by atoms with Gasteiger partial charge in [0.05, 0.1) is 6.10 Å². The molecule has 0 saturated heterocycles. The first-order valence-electron chi connectivity index (χ1n) is 6.39. The van der Waals surface area contributed by atoms with Crippen LogP contribution in [0.15, 0.2) is 0 Å². The van der Waals surface area contributed by atoms with Crippen LogP contribution in [-0.4, -0.2) is 11.2 Å². The van der Waals surface area contributed by atoms with Gasteiger partial charge in [0.2, 0.25) is 0 Å². The predicted molar refractivity (Wildman–Crippen MR) is 65.7 cm³/mol. The summed E-state index contributed by atoms with van der Waals surface area (Å²) >= 11 is 0. The summed E-state index contributed by atoms with van der Waals surface area (Å²) in [7, 11) is 0. The van der Waals surface area contributed by atoms with Gasteiger partial charge in [0.15, 0.2) is 0 Å². The van der Waals surface area contributed by atoms with Crippen molar-refractivity contribution in [3.63, 3.8) is 0 Å². The molecule has 3 unspecified atom stereocenters. The van der Waals surface area contributed by atoms with E-state index in [1.54, 1.807) is 0 Å². The first kappa shape index (κ1) is 13.0. The van der Waals surface area contributed by atoms with Gasteiger partial charge < -0.3 is 5.11 Å². The van der Waals surface area contributed by atoms with Crippen molar-refractivity contribution in [2.75, 3.05) is 0 Å². The zero-order valence-electron chi connectivity index (χ0n) is 11.3. The molecule has 0 aromatic heterocycles. The topological polar surface area (TPSA) is 20.2 Å². The van der Waals surface area contributed by atoms with E-state index in [1.165, 1.54) is 12.8 Å². The van der Waals surface area contributed by atoms with Gasteiger partial charge in [-0.1, -0.05) is 48.0 Å². The molecule has 0 amide bonds. The summed E-state index contributed by atoms with van der Waals surface area (Å²) in [5.74, 6) is 1.11. The highest BCUT2D eigenvalue weighted by atomic mass is 16.3. The summed E-state index contributed by atoms with van der Waals surface area (Å²) in [4.78, 5) is 0. The Morgan fingerprint density at radius 3 is 2.27 bits per heavy atom. The van der Waals surface area contributed by atoms with Crippen LogP contribution in [0.3, 0.4) is 0 Å². The Kier molecular flexibility index (Phi) is 3.55. The molecule has 1 saturated carbocycles. The van der Waals surface area contributed by atoms with Crippen molar-refractivity contribution < 1.29 is 5.11 Å². The molecular weight excluding hydrogens is 184 g/mol. The third-order valence-electron chi connectivity index (χ3n) is 4.95. The SMILES string of the molecule is CC[C@]1(C)CC(C(C)(C)C)CC(O)C1C. The summed E-state index contributed by atoms with van der Waals surface area (Å²) in [6.45, 7) is 13.7. The van der Waals surface area contributed by atoms with Gasteiger partial charge in [-0.25, -0.2) is 0 Å². The summed E-state index contributed by atoms with van der Waals surface area (Å²) < 4.78 is 0. The second-order valence-corrected chi connectivity index (χ2v) is 6.87. The highest BCUT2D eigenvalue weighted by Gasteiger charge is 2.44. The summed E-state index contributed by atoms with van der Waals surface area (Å²) in [5, 5.41) is 10.2. The summed E-state index contributed by atoms with van der Waals surface area (Å²) in [6, 6.07) is 0. The van der Waals surface area contributed by atoms with E-state index >= 15 is 0 Å². The molecule has 0 radical (unpaired) electrons. The Bertz CT molecular complexity index is 216. The zero-order chi connectivity index (χ0) is 11.9. The molecule has 0 spiro atoms. The molecule has 1 rings (SSSR count). The molecule has 0 aliphatic heterocycles. The lowest BCUT2D eigenvalue weighted by molar-refractivity contribution is -0.0611. The summed E-state index contributed by atoms with van der Waals surface area (Å²) in [6.07, 6.45) is 3.33. The Hall–Kier alpha value is -0.0400. The number of aliphatic hydroxyl groups is 1. The first-order chi connectivity index (χ1) is 6.70. The van der Waals surface area contributed by atoms with Gasteiger partial charge in [-0.3, -0.25) is 0 Å². The van der Waals surface area contributed by atoms with Crippen LogP contribution in [0.5, 0.6) is 0 Å². The number of aliphatic hydroxyl groups excluding tert-OH is 1. The molecule has 1 fully saturated rings. The first-order valence-corrected chi connectivity index (χ1v) is 6.39. The lowest BCUT2D eigenvalue weighted by atomic mass is 9.57. The minimum absolute atomic E-state index is 0.104. The Balaban J connectivity index is 2.85. The fourth-order valence-corrected chi connectivity index (χ4v) is 2.92. The minimum atomic E-state index is -0.104. The average Bonchev–Trinajstić information content (AvgIpc) is 2.12. The molecule has 1 N–H and O–H groups in total. The van der Waals surface area contributed by atoms with Crippen LogP contribution < -0.4 is 0 Å². The van der Waals surface area contributed by atoms with E-state index in [4.69, 9.17) is 0 Å². The van der Waals surface area contributed by atoms with Gasteiger partial charge in [0.25, 0.3) is 0 Å². The molecule has 15 heavy (non-hydrogen) atoms. The highest BCUT2D eigenvalue weighted by molar-refractivity contribution is 4.94. The smallest absolute Gasteiger partial charge is 0.0573 e. The van der Waals surface area contributed by atoms with Crippen LogP contribution >= 0.6 is 0 Å². The second-order valence-electron chi connectivity index (χ2n) is 6.87. The van der Waals surface area contributed by atoms with Crippen molar-refractivity contribution in [3.8, 4) is 0 Å². The molecule has 1 nitrogen and oxygen atoms in total. The Labute approximate surface area is 95.3 Å². The second kappa shape index (κ2) is 4.08. The van der Waals surface area contributed by atoms with Crippen LogP contribution in [-0.2, 0) is 0 Å². The predicted octanol–water partition coefficient (Wildman–Crippen LogP) is 3.86. The molecule has 0 heterocycles. The molecule has 0 aromatic carbocycles. The normalized spacial score (nSPS) is 43.0. The van der Waals surface area contributed by atoms with E-state index in [0.717, 1.165) is 6.42 Å². The zero-order valence-corrected chi connectivity index (χ0v) is 11.3. The van der Waals surface area contributed by atoms with Gasteiger partial charge in [-0.05, 0) is 35.5 Å². The number of hydrogen-bond acceptors (Lipinski definition) is 1. The highest BCUT2D eigenvalue weighted by Crippen LogP contribution is 2.50. The van der Waals surface area contributed by atoms with Crippen LogP contribution in [0.2, 0.25) is 0 Å². The maximum absolute atomic E-state index is 10.2. The van der Waals surface area contributed by atoms with E-state index in [1.807, 2.05) is 0 Å². The largest absolute Gasteiger partial charge is 0.393 e. The molecule has 90 valence electrons. The maximum Gasteiger partial charge on any atom is 0.0573 e. The standard InChI is InChI=1S/C14H28O/c1-7-14(6)9-11(13(3,4)5)8-12(15)10(14)2/h10-12,15H,7-9H2,1-6H3/t10?,11?,12?,14-/m1/s1. The van der Waals surface area contributed by atoms with Gasteiger partial charge in [0, 0.05) is 0 Å². The van der Waals surface area contributed by atoms with E-state index in [9.17, 15) is 5.11 Å². The van der Waals surface area contributed by atoms with E-state index < -0.39 is 0 Å². The van der Waals surface area contributed by atoms with Crippen molar-refractivity contribution in [1.82, 2.24) is 0 Å². The van der Waals surface area contributed by atoms with Crippen LogP contribution in [0.25, 0.3) is 0 Å². The van der Waals surface area contributed by atoms with Gasteiger partial charge in [0.1, 0.15) is 0 Å². The van der Waals surface area contributed by atoms with Crippen molar-refractivity contribution in [1.29, 1.82) is 0 Å². The molecule has 1 aliphatic carbocycles. The third-order valence-corrected chi connectivity index (χ3v) is 4.95. The van der Waals surface area contributed by atoms with Crippen LogP contribution in [0.4, 0.5) is 0 Å². The quantitative estimate of drug-likeness (QED) is 0.700. The average molecular weight is 212 g/mol. The Morgan fingerprint density at radius 1 is 1.33 bits per heavy atom. The van der Waals surface area contributed by atoms with E-state index in [-0.39, 0.29) is 6.10 Å². The maximum atomic E-state index is 10.2. The van der Waals surface area contributed by atoms with Crippen molar-refractivity contribution in [2.24, 2.45) is 22.7 Å². The molecule has 4 atom stereocenters. The fourth-order valence-electron chi connectivity index (χ4n) is 2.92. The molecule has 1 heteroatoms. The molecule has 1 aliphatic rings. The van der Waals surface area contributed by atoms with Gasteiger partial charge in [-0.15, -0.1) is 0 Å². The molecule has 0 bridgehead atoms. The van der Waals surface area contributed by atoms with Gasteiger partial charge >= 0.3 is 0 Å². The Morgan fingerprint density at radius 2 is 1.87 bits per heavy atom. The fraction of sp³-hybridized carbons (Fsp3) is 1.00. The van der Waals surface area contributed by atoms with Crippen molar-refractivity contribution >= 4 is 0 Å². The van der Waals surface area contributed by atoms with E-state index in [2.05, 4.69) is 41.5 Å². The van der Waals surface area contributed by atoms with Gasteiger partial charge in [-0.2, -0.15) is 0 Å². The van der Waals surface area contributed by atoms with Crippen LogP contribution in [0, 0.1) is 22.7 Å². The number of rotatable bonds is 1. The monoisotopic (exact) mass is 212 g/mol. The third kappa shape index (κ3) is 2.55. The lowest BCUT2D eigenvalue weighted by Crippen LogP contribution is -2.45. The lowest BCUT2D eigenvalue weighted by Gasteiger charge is -2.49. The van der Waals surface area contributed by atoms with E-state index in [0.29, 0.717) is 22.7 Å². The minimum Gasteiger partial charge on any atom is -0.393 e.